The quantitative estimate of drug-likeness (QED) is 0.601. The first-order chi connectivity index (χ1) is 16.2. The van der Waals surface area contributed by atoms with Gasteiger partial charge in [-0.1, -0.05) is 12.1 Å². The molecule has 34 heavy (non-hydrogen) atoms. The first-order valence-electron chi connectivity index (χ1n) is 10.9. The molecule has 1 amide bonds. The molecule has 2 aromatic rings. The van der Waals surface area contributed by atoms with Gasteiger partial charge in [0.05, 0.1) is 24.1 Å². The van der Waals surface area contributed by atoms with Crippen molar-refractivity contribution >= 4 is 23.2 Å². The number of nitrogens with one attached hydrogen (secondary N) is 1. The summed E-state index contributed by atoms with van der Waals surface area (Å²) < 4.78 is 38.6. The molecular formula is C23H25F3N4O3S. The normalized spacial score (nSPS) is 22.9. The largest absolute Gasteiger partial charge is 0.478 e. The number of aromatic nitrogens is 1. The summed E-state index contributed by atoms with van der Waals surface area (Å²) in [5, 5.41) is 15.2. The highest BCUT2D eigenvalue weighted by Crippen LogP contribution is 2.30. The van der Waals surface area contributed by atoms with Crippen LogP contribution in [-0.2, 0) is 22.2 Å². The molecule has 2 N–H and O–H groups in total. The van der Waals surface area contributed by atoms with Gasteiger partial charge in [0.15, 0.2) is 0 Å². The number of halogens is 3. The fourth-order valence-electron chi connectivity index (χ4n) is 4.52. The number of hydrogen-bond donors (Lipinski definition) is 2. The van der Waals surface area contributed by atoms with Crippen molar-refractivity contribution < 1.29 is 27.9 Å². The van der Waals surface area contributed by atoms with Crippen molar-refractivity contribution in [1.82, 2.24) is 20.1 Å². The molecule has 4 rings (SSSR count). The summed E-state index contributed by atoms with van der Waals surface area (Å²) in [6.07, 6.45) is -0.801. The van der Waals surface area contributed by atoms with Crippen LogP contribution in [-0.4, -0.2) is 70.5 Å². The Morgan fingerprint density at radius 3 is 2.65 bits per heavy atom. The Morgan fingerprint density at radius 2 is 2.00 bits per heavy atom. The molecule has 0 saturated carbocycles. The number of rotatable bonds is 6. The average Bonchev–Trinajstić information content (AvgIpc) is 3.46. The Bertz CT molecular complexity index is 1040. The Labute approximate surface area is 198 Å². The Balaban J connectivity index is 1.51. The lowest BCUT2D eigenvalue weighted by molar-refractivity contribution is -0.137. The second kappa shape index (κ2) is 10.2. The molecule has 0 bridgehead atoms. The third kappa shape index (κ3) is 5.83. The van der Waals surface area contributed by atoms with Crippen LogP contribution in [0.4, 0.5) is 13.2 Å². The molecule has 2 atom stereocenters. The van der Waals surface area contributed by atoms with Gasteiger partial charge in [0.2, 0.25) is 5.91 Å². The number of aliphatic carboxylic acids is 1. The minimum absolute atomic E-state index is 0.00337. The summed E-state index contributed by atoms with van der Waals surface area (Å²) in [5.41, 5.74) is 0.616. The van der Waals surface area contributed by atoms with Gasteiger partial charge < -0.3 is 15.3 Å². The van der Waals surface area contributed by atoms with Gasteiger partial charge in [-0.2, -0.15) is 13.2 Å². The summed E-state index contributed by atoms with van der Waals surface area (Å²) in [7, 11) is 0. The standard InChI is InChI=1S/C23H25F3N4O3S/c24-23(25,26)17-3-1-15(2-4-17)11-19(31)30-9-6-27-21(22-28-7-10-34-22)18(30)14-29-8-5-16(13-29)12-20(32)33/h1-4,7,10,12,18,21,27H,5-6,8-9,11,13-14H2,(H,32,33)/b16-12+/t18-,21-/m1/s1. The van der Waals surface area contributed by atoms with Crippen LogP contribution in [0.3, 0.4) is 0 Å². The molecule has 0 spiro atoms. The maximum absolute atomic E-state index is 13.3. The Kier molecular flexibility index (Phi) is 7.34. The zero-order chi connectivity index (χ0) is 24.3. The van der Waals surface area contributed by atoms with Gasteiger partial charge in [-0.15, -0.1) is 11.3 Å². The molecule has 3 heterocycles. The topological polar surface area (TPSA) is 85.8 Å². The number of hydrogen-bond acceptors (Lipinski definition) is 6. The number of amides is 1. The molecule has 2 saturated heterocycles. The van der Waals surface area contributed by atoms with E-state index in [4.69, 9.17) is 5.11 Å². The first-order valence-corrected chi connectivity index (χ1v) is 11.8. The van der Waals surface area contributed by atoms with Crippen molar-refractivity contribution in [3.8, 4) is 0 Å². The summed E-state index contributed by atoms with van der Waals surface area (Å²) in [5.74, 6) is -1.13. The van der Waals surface area contributed by atoms with Crippen LogP contribution in [0.25, 0.3) is 0 Å². The number of carbonyl (C=O) groups is 2. The lowest BCUT2D eigenvalue weighted by Gasteiger charge is -2.43. The molecule has 0 aliphatic carbocycles. The van der Waals surface area contributed by atoms with E-state index in [-0.39, 0.29) is 24.4 Å². The minimum Gasteiger partial charge on any atom is -0.478 e. The molecule has 7 nitrogen and oxygen atoms in total. The number of likely N-dealkylation sites (tertiary alicyclic amines) is 1. The van der Waals surface area contributed by atoms with E-state index >= 15 is 0 Å². The van der Waals surface area contributed by atoms with Gasteiger partial charge in [0, 0.05) is 50.4 Å². The molecule has 0 unspecified atom stereocenters. The lowest BCUT2D eigenvalue weighted by Crippen LogP contribution is -2.59. The molecule has 2 aliphatic heterocycles. The van der Waals surface area contributed by atoms with Crippen LogP contribution in [0.1, 0.15) is 28.6 Å². The molecule has 2 fully saturated rings. The monoisotopic (exact) mass is 494 g/mol. The molecule has 2 aliphatic rings. The third-order valence-corrected chi connectivity index (χ3v) is 6.98. The molecule has 0 radical (unpaired) electrons. The highest BCUT2D eigenvalue weighted by atomic mass is 32.1. The van der Waals surface area contributed by atoms with E-state index < -0.39 is 17.7 Å². The average molecular weight is 495 g/mol. The van der Waals surface area contributed by atoms with Crippen molar-refractivity contribution in [1.29, 1.82) is 0 Å². The van der Waals surface area contributed by atoms with E-state index in [1.807, 2.05) is 5.38 Å². The Hall–Kier alpha value is -2.76. The second-order valence-corrected chi connectivity index (χ2v) is 9.38. The zero-order valence-electron chi connectivity index (χ0n) is 18.3. The van der Waals surface area contributed by atoms with E-state index in [1.54, 1.807) is 11.1 Å². The van der Waals surface area contributed by atoms with Gasteiger partial charge in [-0.25, -0.2) is 9.78 Å². The number of piperazine rings is 1. The van der Waals surface area contributed by atoms with Gasteiger partial charge in [-0.05, 0) is 29.7 Å². The minimum atomic E-state index is -4.42. The molecule has 182 valence electrons. The summed E-state index contributed by atoms with van der Waals surface area (Å²) in [6, 6.07) is 4.26. The number of carboxylic acid groups (broad SMARTS) is 1. The summed E-state index contributed by atoms with van der Waals surface area (Å²) in [6.45, 7) is 2.80. The maximum atomic E-state index is 13.3. The predicted octanol–water partition coefficient (Wildman–Crippen LogP) is 2.96. The van der Waals surface area contributed by atoms with E-state index in [9.17, 15) is 22.8 Å². The van der Waals surface area contributed by atoms with Gasteiger partial charge in [0.25, 0.3) is 0 Å². The van der Waals surface area contributed by atoms with Gasteiger partial charge in [-0.3, -0.25) is 9.69 Å². The fraction of sp³-hybridized carbons (Fsp3) is 0.435. The highest BCUT2D eigenvalue weighted by Gasteiger charge is 2.38. The lowest BCUT2D eigenvalue weighted by atomic mass is 10.0. The van der Waals surface area contributed by atoms with Crippen LogP contribution in [0.15, 0.2) is 47.5 Å². The van der Waals surface area contributed by atoms with Crippen molar-refractivity contribution in [2.75, 3.05) is 32.7 Å². The van der Waals surface area contributed by atoms with Crippen molar-refractivity contribution in [3.05, 3.63) is 63.6 Å². The number of alkyl halides is 3. The number of carbonyl (C=O) groups excluding carboxylic acids is 1. The van der Waals surface area contributed by atoms with Crippen LogP contribution in [0, 0.1) is 0 Å². The zero-order valence-corrected chi connectivity index (χ0v) is 19.1. The fourth-order valence-corrected chi connectivity index (χ4v) is 5.29. The molecule has 1 aromatic heterocycles. The smallest absolute Gasteiger partial charge is 0.416 e. The van der Waals surface area contributed by atoms with Crippen molar-refractivity contribution in [2.24, 2.45) is 0 Å². The third-order valence-electron chi connectivity index (χ3n) is 6.13. The van der Waals surface area contributed by atoms with Crippen LogP contribution in [0.2, 0.25) is 0 Å². The van der Waals surface area contributed by atoms with Crippen molar-refractivity contribution in [2.45, 2.75) is 31.1 Å². The molecule has 1 aromatic carbocycles. The number of carboxylic acids is 1. The number of nitrogens with zero attached hydrogens (tertiary/aromatic N) is 3. The van der Waals surface area contributed by atoms with E-state index in [2.05, 4.69) is 15.2 Å². The SMILES string of the molecule is O=C(O)/C=C1\CCN(C[C@@H]2[C@H](c3nccs3)NCCN2C(=O)Cc2ccc(C(F)(F)F)cc2)C1. The molecular weight excluding hydrogens is 469 g/mol. The van der Waals surface area contributed by atoms with Crippen LogP contribution >= 0.6 is 11.3 Å². The van der Waals surface area contributed by atoms with E-state index in [1.165, 1.54) is 29.5 Å². The molecule has 11 heteroatoms. The first kappa shape index (κ1) is 24.4. The van der Waals surface area contributed by atoms with Crippen LogP contribution < -0.4 is 5.32 Å². The van der Waals surface area contributed by atoms with Gasteiger partial charge >= 0.3 is 12.1 Å². The van der Waals surface area contributed by atoms with E-state index in [0.717, 1.165) is 22.7 Å². The Morgan fingerprint density at radius 1 is 1.24 bits per heavy atom. The van der Waals surface area contributed by atoms with Crippen molar-refractivity contribution in [3.63, 3.8) is 0 Å². The van der Waals surface area contributed by atoms with E-state index in [0.29, 0.717) is 44.7 Å². The maximum Gasteiger partial charge on any atom is 0.416 e. The summed E-state index contributed by atoms with van der Waals surface area (Å²) >= 11 is 1.50. The number of benzene rings is 1. The number of thiazole rings is 1. The second-order valence-electron chi connectivity index (χ2n) is 8.45. The summed E-state index contributed by atoms with van der Waals surface area (Å²) in [4.78, 5) is 32.7. The van der Waals surface area contributed by atoms with Gasteiger partial charge in [0.1, 0.15) is 5.01 Å². The van der Waals surface area contributed by atoms with Crippen LogP contribution in [0.5, 0.6) is 0 Å². The predicted molar refractivity (Wildman–Crippen MR) is 120 cm³/mol. The highest BCUT2D eigenvalue weighted by molar-refractivity contribution is 7.09.